The van der Waals surface area contributed by atoms with E-state index in [2.05, 4.69) is 15.3 Å². The fourth-order valence-electron chi connectivity index (χ4n) is 3.99. The Morgan fingerprint density at radius 2 is 2.31 bits per heavy atom. The van der Waals surface area contributed by atoms with E-state index < -0.39 is 23.6 Å². The third-order valence-corrected chi connectivity index (χ3v) is 5.68. The molecule has 2 N–H and O–H groups in total. The van der Waals surface area contributed by atoms with Gasteiger partial charge < -0.3 is 15.2 Å². The van der Waals surface area contributed by atoms with Gasteiger partial charge in [0.1, 0.15) is 11.7 Å². The van der Waals surface area contributed by atoms with E-state index in [-0.39, 0.29) is 12.5 Å². The molecule has 4 atom stereocenters. The highest BCUT2D eigenvalue weighted by Crippen LogP contribution is 2.35. The summed E-state index contributed by atoms with van der Waals surface area (Å²) in [5.74, 6) is -1.54. The normalized spacial score (nSPS) is 29.5. The molecule has 2 aliphatic rings. The number of allylic oxidation sites excluding steroid dienone is 2. The number of ether oxygens (including phenoxy) is 1. The Morgan fingerprint density at radius 3 is 3.03 bits per heavy atom. The second kappa shape index (κ2) is 9.54. The van der Waals surface area contributed by atoms with Crippen LogP contribution in [0, 0.1) is 5.92 Å². The van der Waals surface area contributed by atoms with Crippen molar-refractivity contribution in [1.29, 1.82) is 0 Å². The third kappa shape index (κ3) is 4.53. The third-order valence-electron chi connectivity index (χ3n) is 5.68. The molecule has 1 aliphatic heterocycles. The zero-order valence-electron chi connectivity index (χ0n) is 16.5. The second-order valence-electron chi connectivity index (χ2n) is 7.45. The average molecular weight is 407 g/mol. The van der Waals surface area contributed by atoms with Crippen LogP contribution in [-0.4, -0.2) is 52.5 Å². The summed E-state index contributed by atoms with van der Waals surface area (Å²) in [7, 11) is 0. The lowest BCUT2D eigenvalue weighted by molar-refractivity contribution is -0.169. The molecule has 6 nitrogen and oxygen atoms in total. The molecular formula is C21H27F2N3O3. The summed E-state index contributed by atoms with van der Waals surface area (Å²) in [5.41, 5.74) is -1.59. The maximum absolute atomic E-state index is 14.2. The van der Waals surface area contributed by atoms with E-state index in [1.54, 1.807) is 6.20 Å². The first kappa shape index (κ1) is 21.5. The summed E-state index contributed by atoms with van der Waals surface area (Å²) < 4.78 is 33.7. The number of aromatic nitrogens is 2. The van der Waals surface area contributed by atoms with E-state index in [1.807, 2.05) is 13.0 Å². The molecule has 0 bridgehead atoms. The second-order valence-corrected chi connectivity index (χ2v) is 7.45. The summed E-state index contributed by atoms with van der Waals surface area (Å²) in [6.07, 6.45) is 5.80. The van der Waals surface area contributed by atoms with Gasteiger partial charge in [0.25, 0.3) is 5.60 Å². The highest BCUT2D eigenvalue weighted by atomic mass is 19.1. The Balaban J connectivity index is 1.61. The molecule has 0 saturated carbocycles. The molecule has 4 unspecified atom stereocenters. The number of piperidine rings is 1. The maximum atomic E-state index is 14.2. The van der Waals surface area contributed by atoms with Crippen LogP contribution in [0.15, 0.2) is 36.3 Å². The molecule has 158 valence electrons. The van der Waals surface area contributed by atoms with E-state index in [0.29, 0.717) is 12.3 Å². The van der Waals surface area contributed by atoms with Crippen molar-refractivity contribution in [2.45, 2.75) is 50.3 Å². The smallest absolute Gasteiger partial charge is 0.346 e. The average Bonchev–Trinajstić information content (AvgIpc) is 2.73. The van der Waals surface area contributed by atoms with Crippen molar-refractivity contribution in [3.63, 3.8) is 0 Å². The number of nitrogens with zero attached hydrogens (tertiary/aromatic N) is 2. The minimum Gasteiger partial charge on any atom is -0.479 e. The number of carboxylic acids is 1. The van der Waals surface area contributed by atoms with Gasteiger partial charge in [-0.25, -0.2) is 23.5 Å². The van der Waals surface area contributed by atoms with Crippen LogP contribution in [0.2, 0.25) is 0 Å². The number of carboxylic acid groups (broad SMARTS) is 1. The summed E-state index contributed by atoms with van der Waals surface area (Å²) in [4.78, 5) is 20.7. The van der Waals surface area contributed by atoms with Crippen LogP contribution in [-0.2, 0) is 16.0 Å². The standard InChI is InChI=1S/C21H27F2N3O3/c1-2-15-9-11-25-19(26-15)16-13-24-10-8-14(16)5-4-12-29-21(20(27)28)17(22)6-3-7-18(21)23/h3,6-7,9,11,14,16-17,24H,2,4-5,8,10,12-13H2,1H3,(H,27,28). The zero-order valence-corrected chi connectivity index (χ0v) is 16.5. The number of carbonyl (C=O) groups is 1. The number of alkyl halides is 1. The number of halogens is 2. The maximum Gasteiger partial charge on any atom is 0.346 e. The number of hydrogen-bond donors (Lipinski definition) is 2. The van der Waals surface area contributed by atoms with Crippen molar-refractivity contribution in [2.75, 3.05) is 19.7 Å². The van der Waals surface area contributed by atoms with E-state index >= 15 is 0 Å². The van der Waals surface area contributed by atoms with Crippen molar-refractivity contribution in [3.8, 4) is 0 Å². The summed E-state index contributed by atoms with van der Waals surface area (Å²) in [6, 6.07) is 1.90. The lowest BCUT2D eigenvalue weighted by Crippen LogP contribution is -2.51. The van der Waals surface area contributed by atoms with Crippen LogP contribution in [0.5, 0.6) is 0 Å². The van der Waals surface area contributed by atoms with Crippen molar-refractivity contribution >= 4 is 5.97 Å². The number of hydrogen-bond acceptors (Lipinski definition) is 5. The Hall–Kier alpha value is -2.19. The Kier molecular flexibility index (Phi) is 7.08. The van der Waals surface area contributed by atoms with E-state index in [1.165, 1.54) is 0 Å². The molecule has 8 heteroatoms. The molecule has 2 heterocycles. The molecule has 1 aromatic heterocycles. The molecule has 0 spiro atoms. The molecule has 1 fully saturated rings. The van der Waals surface area contributed by atoms with Gasteiger partial charge in [-0.1, -0.05) is 13.0 Å². The molecular weight excluding hydrogens is 380 g/mol. The van der Waals surface area contributed by atoms with Gasteiger partial charge in [-0.3, -0.25) is 0 Å². The fraction of sp³-hybridized carbons (Fsp3) is 0.571. The number of aliphatic carboxylic acids is 1. The summed E-state index contributed by atoms with van der Waals surface area (Å²) >= 11 is 0. The lowest BCUT2D eigenvalue weighted by Gasteiger charge is -2.33. The van der Waals surface area contributed by atoms with E-state index in [4.69, 9.17) is 4.74 Å². The van der Waals surface area contributed by atoms with Gasteiger partial charge in [0, 0.05) is 31.0 Å². The SMILES string of the molecule is CCc1ccnc(C2CNCCC2CCCOC2(C(=O)O)C(F)=CC=CC2F)n1. The van der Waals surface area contributed by atoms with Gasteiger partial charge >= 0.3 is 5.97 Å². The highest BCUT2D eigenvalue weighted by Gasteiger charge is 2.52. The highest BCUT2D eigenvalue weighted by molar-refractivity contribution is 5.83. The van der Waals surface area contributed by atoms with Gasteiger partial charge in [-0.2, -0.15) is 0 Å². The Bertz CT molecular complexity index is 786. The molecule has 1 aliphatic carbocycles. The quantitative estimate of drug-likeness (QED) is 0.644. The van der Waals surface area contributed by atoms with Crippen molar-refractivity contribution in [2.24, 2.45) is 5.92 Å². The Morgan fingerprint density at radius 1 is 1.48 bits per heavy atom. The van der Waals surface area contributed by atoms with Crippen LogP contribution in [0.1, 0.15) is 43.6 Å². The topological polar surface area (TPSA) is 84.3 Å². The van der Waals surface area contributed by atoms with Gasteiger partial charge in [0.05, 0.1) is 0 Å². The van der Waals surface area contributed by atoms with Crippen molar-refractivity contribution < 1.29 is 23.4 Å². The predicted octanol–water partition coefficient (Wildman–Crippen LogP) is 3.11. The van der Waals surface area contributed by atoms with Crippen molar-refractivity contribution in [3.05, 3.63) is 47.8 Å². The van der Waals surface area contributed by atoms with Crippen LogP contribution in [0.4, 0.5) is 8.78 Å². The van der Waals surface area contributed by atoms with Crippen LogP contribution >= 0.6 is 0 Å². The first-order valence-corrected chi connectivity index (χ1v) is 10.1. The van der Waals surface area contributed by atoms with Crippen LogP contribution in [0.25, 0.3) is 0 Å². The minimum atomic E-state index is -2.58. The van der Waals surface area contributed by atoms with Gasteiger partial charge in [-0.05, 0) is 56.4 Å². The van der Waals surface area contributed by atoms with Crippen molar-refractivity contribution in [1.82, 2.24) is 15.3 Å². The first-order valence-electron chi connectivity index (χ1n) is 10.1. The molecule has 3 rings (SSSR count). The van der Waals surface area contributed by atoms with Gasteiger partial charge in [0.2, 0.25) is 0 Å². The summed E-state index contributed by atoms with van der Waals surface area (Å²) in [5, 5.41) is 12.8. The predicted molar refractivity (Wildman–Crippen MR) is 104 cm³/mol. The molecule has 0 radical (unpaired) electrons. The van der Waals surface area contributed by atoms with E-state index in [0.717, 1.165) is 62.1 Å². The fourth-order valence-corrected chi connectivity index (χ4v) is 3.99. The molecule has 0 aromatic carbocycles. The number of nitrogens with one attached hydrogen (secondary N) is 1. The van der Waals surface area contributed by atoms with Crippen LogP contribution < -0.4 is 5.32 Å². The molecule has 1 aromatic rings. The molecule has 29 heavy (non-hydrogen) atoms. The van der Waals surface area contributed by atoms with E-state index in [9.17, 15) is 18.7 Å². The largest absolute Gasteiger partial charge is 0.479 e. The molecule has 1 saturated heterocycles. The number of rotatable bonds is 8. The first-order chi connectivity index (χ1) is 14.0. The zero-order chi connectivity index (χ0) is 20.9. The van der Waals surface area contributed by atoms with Gasteiger partial charge in [-0.15, -0.1) is 0 Å². The van der Waals surface area contributed by atoms with Gasteiger partial charge in [0.15, 0.2) is 6.17 Å². The lowest BCUT2D eigenvalue weighted by atomic mass is 9.82. The summed E-state index contributed by atoms with van der Waals surface area (Å²) in [6.45, 7) is 3.65. The Labute approximate surface area is 169 Å². The minimum absolute atomic E-state index is 0.0473. The monoisotopic (exact) mass is 407 g/mol. The molecule has 0 amide bonds. The number of aryl methyl sites for hydroxylation is 1. The van der Waals surface area contributed by atoms with Crippen LogP contribution in [0.3, 0.4) is 0 Å².